The molecule has 0 saturated carbocycles. The highest BCUT2D eigenvalue weighted by molar-refractivity contribution is 7.89. The summed E-state index contributed by atoms with van der Waals surface area (Å²) < 4.78 is 86.8. The van der Waals surface area contributed by atoms with E-state index in [9.17, 15) is 30.4 Å². The zero-order chi connectivity index (χ0) is 15.1. The standard InChI is InChI=1S/C11H10F5NO2S/c12-10(13)7-5-17(6-7)20(18,19)9-3-1-2-8(4-9)11(14,15)16/h1-4,7,10H,5-6H2. The van der Waals surface area contributed by atoms with Gasteiger partial charge in [-0.15, -0.1) is 0 Å². The summed E-state index contributed by atoms with van der Waals surface area (Å²) in [6, 6.07) is 3.24. The van der Waals surface area contributed by atoms with Gasteiger partial charge in [0.05, 0.1) is 10.5 Å². The first-order valence-electron chi connectivity index (χ1n) is 5.58. The summed E-state index contributed by atoms with van der Waals surface area (Å²) in [6.45, 7) is -0.757. The maximum absolute atomic E-state index is 12.5. The van der Waals surface area contributed by atoms with Gasteiger partial charge in [0.1, 0.15) is 0 Å². The second kappa shape index (κ2) is 4.96. The molecule has 112 valence electrons. The summed E-state index contributed by atoms with van der Waals surface area (Å²) in [5.41, 5.74) is -1.09. The third-order valence-corrected chi connectivity index (χ3v) is 4.86. The minimum atomic E-state index is -4.66. The summed E-state index contributed by atoms with van der Waals surface area (Å²) in [5, 5.41) is 0. The Labute approximate surface area is 112 Å². The molecule has 0 amide bonds. The molecule has 0 radical (unpaired) electrons. The molecule has 0 aliphatic carbocycles. The first-order valence-corrected chi connectivity index (χ1v) is 7.02. The number of alkyl halides is 5. The van der Waals surface area contributed by atoms with Gasteiger partial charge in [0.15, 0.2) is 0 Å². The molecule has 0 N–H and O–H groups in total. The van der Waals surface area contributed by atoms with Gasteiger partial charge in [-0.3, -0.25) is 0 Å². The van der Waals surface area contributed by atoms with E-state index in [1.807, 2.05) is 0 Å². The number of sulfonamides is 1. The predicted molar refractivity (Wildman–Crippen MR) is 59.7 cm³/mol. The molecule has 1 aromatic carbocycles. The molecule has 1 saturated heterocycles. The quantitative estimate of drug-likeness (QED) is 0.804. The highest BCUT2D eigenvalue weighted by atomic mass is 32.2. The fraction of sp³-hybridized carbons (Fsp3) is 0.455. The van der Waals surface area contributed by atoms with Crippen LogP contribution in [-0.2, 0) is 16.2 Å². The Morgan fingerprint density at radius 3 is 2.30 bits per heavy atom. The Bertz CT molecular complexity index is 593. The normalized spacial score (nSPS) is 18.3. The third-order valence-electron chi connectivity index (χ3n) is 3.03. The second-order valence-corrected chi connectivity index (χ2v) is 6.38. The van der Waals surface area contributed by atoms with Crippen molar-refractivity contribution in [3.05, 3.63) is 29.8 Å². The van der Waals surface area contributed by atoms with Crippen LogP contribution in [0.1, 0.15) is 5.56 Å². The Hall–Kier alpha value is -1.22. The molecule has 0 unspecified atom stereocenters. The van der Waals surface area contributed by atoms with Gasteiger partial charge in [-0.2, -0.15) is 17.5 Å². The van der Waals surface area contributed by atoms with E-state index in [1.165, 1.54) is 0 Å². The van der Waals surface area contributed by atoms with E-state index in [0.717, 1.165) is 22.5 Å². The van der Waals surface area contributed by atoms with E-state index in [1.54, 1.807) is 0 Å². The minimum absolute atomic E-state index is 0.379. The molecule has 0 spiro atoms. The summed E-state index contributed by atoms with van der Waals surface area (Å²) >= 11 is 0. The van der Waals surface area contributed by atoms with Crippen molar-refractivity contribution in [1.29, 1.82) is 0 Å². The fourth-order valence-electron chi connectivity index (χ4n) is 1.81. The fourth-order valence-corrected chi connectivity index (χ4v) is 3.41. The van der Waals surface area contributed by atoms with Crippen LogP contribution in [-0.4, -0.2) is 32.2 Å². The highest BCUT2D eigenvalue weighted by Crippen LogP contribution is 2.33. The minimum Gasteiger partial charge on any atom is -0.210 e. The molecule has 0 atom stereocenters. The predicted octanol–water partition coefficient (Wildman–Crippen LogP) is 2.59. The van der Waals surface area contributed by atoms with Gasteiger partial charge in [-0.1, -0.05) is 6.07 Å². The largest absolute Gasteiger partial charge is 0.416 e. The van der Waals surface area contributed by atoms with Crippen LogP contribution in [0.3, 0.4) is 0 Å². The van der Waals surface area contributed by atoms with E-state index in [0.29, 0.717) is 6.07 Å². The Morgan fingerprint density at radius 2 is 1.80 bits per heavy atom. The van der Waals surface area contributed by atoms with Crippen LogP contribution in [0.2, 0.25) is 0 Å². The van der Waals surface area contributed by atoms with E-state index in [2.05, 4.69) is 0 Å². The van der Waals surface area contributed by atoms with Crippen LogP contribution in [0.15, 0.2) is 29.2 Å². The Morgan fingerprint density at radius 1 is 1.20 bits per heavy atom. The second-order valence-electron chi connectivity index (χ2n) is 4.44. The van der Waals surface area contributed by atoms with Gasteiger partial charge in [0.2, 0.25) is 16.4 Å². The van der Waals surface area contributed by atoms with Gasteiger partial charge in [0, 0.05) is 19.0 Å². The van der Waals surface area contributed by atoms with E-state index >= 15 is 0 Å². The number of hydrogen-bond acceptors (Lipinski definition) is 2. The smallest absolute Gasteiger partial charge is 0.210 e. The van der Waals surface area contributed by atoms with Crippen molar-refractivity contribution in [2.75, 3.05) is 13.1 Å². The van der Waals surface area contributed by atoms with Crippen LogP contribution < -0.4 is 0 Å². The van der Waals surface area contributed by atoms with Crippen molar-refractivity contribution in [1.82, 2.24) is 4.31 Å². The maximum Gasteiger partial charge on any atom is 0.416 e. The highest BCUT2D eigenvalue weighted by Gasteiger charge is 2.41. The summed E-state index contributed by atoms with van der Waals surface area (Å²) in [4.78, 5) is -0.542. The van der Waals surface area contributed by atoms with Gasteiger partial charge < -0.3 is 0 Å². The van der Waals surface area contributed by atoms with Gasteiger partial charge in [-0.05, 0) is 18.2 Å². The summed E-state index contributed by atoms with van der Waals surface area (Å²) in [5.74, 6) is -1.06. The monoisotopic (exact) mass is 315 g/mol. The van der Waals surface area contributed by atoms with Crippen molar-refractivity contribution < 1.29 is 30.4 Å². The molecule has 2 rings (SSSR count). The molecule has 0 bridgehead atoms. The molecule has 0 aromatic heterocycles. The average Bonchev–Trinajstić information content (AvgIpc) is 2.25. The van der Waals surface area contributed by atoms with Crippen LogP contribution in [0, 0.1) is 5.92 Å². The van der Waals surface area contributed by atoms with Crippen LogP contribution >= 0.6 is 0 Å². The zero-order valence-corrected chi connectivity index (χ0v) is 10.8. The maximum atomic E-state index is 12.5. The lowest BCUT2D eigenvalue weighted by atomic mass is 10.1. The molecule has 1 heterocycles. The first-order chi connectivity index (χ1) is 9.12. The average molecular weight is 315 g/mol. The van der Waals surface area contributed by atoms with Crippen molar-refractivity contribution in [3.63, 3.8) is 0 Å². The van der Waals surface area contributed by atoms with Gasteiger partial charge >= 0.3 is 6.18 Å². The van der Waals surface area contributed by atoms with Crippen LogP contribution in [0.5, 0.6) is 0 Å². The Kier molecular flexibility index (Phi) is 3.76. The molecular weight excluding hydrogens is 305 g/mol. The van der Waals surface area contributed by atoms with E-state index < -0.39 is 39.0 Å². The van der Waals surface area contributed by atoms with Crippen molar-refractivity contribution in [2.45, 2.75) is 17.5 Å². The molecule has 1 fully saturated rings. The molecule has 20 heavy (non-hydrogen) atoms. The third kappa shape index (κ3) is 2.78. The SMILES string of the molecule is O=S(=O)(c1cccc(C(F)(F)F)c1)N1CC(C(F)F)C1. The number of halogens is 5. The molecule has 1 aliphatic rings. The number of rotatable bonds is 3. The van der Waals surface area contributed by atoms with Gasteiger partial charge in [-0.25, -0.2) is 17.2 Å². The molecule has 9 heteroatoms. The van der Waals surface area contributed by atoms with Crippen molar-refractivity contribution >= 4 is 10.0 Å². The lowest BCUT2D eigenvalue weighted by Gasteiger charge is -2.37. The van der Waals surface area contributed by atoms with E-state index in [-0.39, 0.29) is 13.1 Å². The lowest BCUT2D eigenvalue weighted by molar-refractivity contribution is -0.137. The van der Waals surface area contributed by atoms with Crippen molar-refractivity contribution in [2.24, 2.45) is 5.92 Å². The molecule has 1 aromatic rings. The zero-order valence-electron chi connectivity index (χ0n) is 9.94. The summed E-state index contributed by atoms with van der Waals surface area (Å²) in [7, 11) is -4.15. The Balaban J connectivity index is 2.24. The van der Waals surface area contributed by atoms with Crippen LogP contribution in [0.25, 0.3) is 0 Å². The number of benzene rings is 1. The molecule has 3 nitrogen and oxygen atoms in total. The number of hydrogen-bond donors (Lipinski definition) is 0. The molecular formula is C11H10F5NO2S. The van der Waals surface area contributed by atoms with Crippen molar-refractivity contribution in [3.8, 4) is 0 Å². The lowest BCUT2D eigenvalue weighted by Crippen LogP contribution is -2.52. The first kappa shape index (κ1) is 15.2. The van der Waals surface area contributed by atoms with E-state index in [4.69, 9.17) is 0 Å². The topological polar surface area (TPSA) is 37.4 Å². The van der Waals surface area contributed by atoms with Gasteiger partial charge in [0.25, 0.3) is 0 Å². The molecule has 1 aliphatic heterocycles. The summed E-state index contributed by atoms with van der Waals surface area (Å²) in [6.07, 6.45) is -7.30. The van der Waals surface area contributed by atoms with Crippen LogP contribution in [0.4, 0.5) is 22.0 Å². The number of nitrogens with zero attached hydrogens (tertiary/aromatic N) is 1.